The molecule has 1 aromatic carbocycles. The highest BCUT2D eigenvalue weighted by Crippen LogP contribution is 2.35. The lowest BCUT2D eigenvalue weighted by Crippen LogP contribution is -2.12. The first-order valence-corrected chi connectivity index (χ1v) is 10.1. The van der Waals surface area contributed by atoms with Crippen LogP contribution >= 0.6 is 0 Å². The molecule has 1 heterocycles. The lowest BCUT2D eigenvalue weighted by Gasteiger charge is -2.26. The molecule has 1 nitrogen and oxygen atoms in total. The number of aromatic nitrogens is 1. The van der Waals surface area contributed by atoms with Crippen molar-refractivity contribution < 1.29 is 8.78 Å². The number of hydrogen-bond donors (Lipinski definition) is 0. The van der Waals surface area contributed by atoms with Gasteiger partial charge in [0.25, 0.3) is 0 Å². The van der Waals surface area contributed by atoms with Gasteiger partial charge in [0.15, 0.2) is 0 Å². The van der Waals surface area contributed by atoms with Gasteiger partial charge in [0.2, 0.25) is 11.9 Å². The van der Waals surface area contributed by atoms with Gasteiger partial charge in [-0.15, -0.1) is 0 Å². The zero-order chi connectivity index (χ0) is 19.1. The summed E-state index contributed by atoms with van der Waals surface area (Å²) in [4.78, 5) is 3.18. The summed E-state index contributed by atoms with van der Waals surface area (Å²) in [6.07, 6.45) is 9.25. The van der Waals surface area contributed by atoms with Crippen LogP contribution in [-0.2, 0) is 6.42 Å². The van der Waals surface area contributed by atoms with Crippen molar-refractivity contribution >= 4 is 0 Å². The predicted octanol–water partition coefficient (Wildman–Crippen LogP) is 6.42. The van der Waals surface area contributed by atoms with Gasteiger partial charge in [-0.3, -0.25) is 0 Å². The Morgan fingerprint density at radius 2 is 1.70 bits per heavy atom. The van der Waals surface area contributed by atoms with Gasteiger partial charge in [-0.25, -0.2) is 0 Å². The van der Waals surface area contributed by atoms with Crippen LogP contribution in [0.4, 0.5) is 8.78 Å². The molecule has 2 aromatic rings. The van der Waals surface area contributed by atoms with Gasteiger partial charge in [-0.2, -0.15) is 13.8 Å². The molecule has 0 radical (unpaired) electrons. The summed E-state index contributed by atoms with van der Waals surface area (Å²) < 4.78 is 26.4. The molecule has 3 heteroatoms. The SMILES string of the molecule is CCCCCc1ccc(C2CCC(C#Cc3ccc(F)nc3F)CC2)cc1. The van der Waals surface area contributed by atoms with Gasteiger partial charge >= 0.3 is 0 Å². The Hall–Kier alpha value is -2.21. The number of pyridine rings is 1. The molecule has 1 aliphatic carbocycles. The number of rotatable bonds is 5. The number of aryl methyl sites for hydroxylation is 1. The summed E-state index contributed by atoms with van der Waals surface area (Å²) in [5.74, 6) is 5.23. The van der Waals surface area contributed by atoms with E-state index >= 15 is 0 Å². The van der Waals surface area contributed by atoms with E-state index in [2.05, 4.69) is 48.0 Å². The number of unbranched alkanes of at least 4 members (excludes halogenated alkanes) is 2. The van der Waals surface area contributed by atoms with Crippen LogP contribution in [0.2, 0.25) is 0 Å². The third-order valence-corrected chi connectivity index (χ3v) is 5.47. The second-order valence-corrected chi connectivity index (χ2v) is 7.49. The number of benzene rings is 1. The average Bonchev–Trinajstić information content (AvgIpc) is 2.69. The smallest absolute Gasteiger partial charge is 0.189 e. The van der Waals surface area contributed by atoms with E-state index in [0.29, 0.717) is 5.92 Å². The van der Waals surface area contributed by atoms with Crippen molar-refractivity contribution in [2.24, 2.45) is 5.92 Å². The lowest BCUT2D eigenvalue weighted by molar-refractivity contribution is 0.384. The van der Waals surface area contributed by atoms with Crippen molar-refractivity contribution in [1.29, 1.82) is 0 Å². The molecule has 1 aromatic heterocycles. The Morgan fingerprint density at radius 3 is 2.37 bits per heavy atom. The first-order valence-electron chi connectivity index (χ1n) is 10.1. The van der Waals surface area contributed by atoms with Crippen molar-refractivity contribution in [2.45, 2.75) is 64.2 Å². The fourth-order valence-electron chi connectivity index (χ4n) is 3.79. The van der Waals surface area contributed by atoms with Crippen LogP contribution in [0.1, 0.15) is 74.5 Å². The normalized spacial score (nSPS) is 19.4. The van der Waals surface area contributed by atoms with Gasteiger partial charge in [0, 0.05) is 5.92 Å². The molecule has 0 bridgehead atoms. The van der Waals surface area contributed by atoms with Gasteiger partial charge in [0.05, 0.1) is 5.56 Å². The summed E-state index contributed by atoms with van der Waals surface area (Å²) in [5, 5.41) is 0. The van der Waals surface area contributed by atoms with E-state index in [9.17, 15) is 8.78 Å². The monoisotopic (exact) mass is 367 g/mol. The minimum atomic E-state index is -0.824. The molecular formula is C24H27F2N. The third kappa shape index (κ3) is 5.63. The van der Waals surface area contributed by atoms with Gasteiger partial charge in [0.1, 0.15) is 0 Å². The molecular weight excluding hydrogens is 340 g/mol. The fourth-order valence-corrected chi connectivity index (χ4v) is 3.79. The third-order valence-electron chi connectivity index (χ3n) is 5.47. The maximum absolute atomic E-state index is 13.6. The Labute approximate surface area is 161 Å². The largest absolute Gasteiger partial charge is 0.231 e. The first kappa shape index (κ1) is 19.5. The van der Waals surface area contributed by atoms with E-state index in [0.717, 1.165) is 31.7 Å². The second-order valence-electron chi connectivity index (χ2n) is 7.49. The molecule has 0 atom stereocenters. The summed E-state index contributed by atoms with van der Waals surface area (Å²) in [5.41, 5.74) is 3.04. The van der Waals surface area contributed by atoms with E-state index < -0.39 is 11.9 Å². The van der Waals surface area contributed by atoms with E-state index in [1.165, 1.54) is 42.9 Å². The number of halogens is 2. The standard InChI is InChI=1S/C24H27F2N/c1-2-3-4-5-18-6-11-20(12-7-18)21-13-8-19(9-14-21)10-15-22-16-17-23(25)27-24(22)26/h6-7,11-12,16-17,19,21H,2-5,8-9,13-14H2,1H3. The molecule has 27 heavy (non-hydrogen) atoms. The van der Waals surface area contributed by atoms with Gasteiger partial charge in [-0.05, 0) is 67.7 Å². The molecule has 0 amide bonds. The molecule has 3 rings (SSSR count). The summed E-state index contributed by atoms with van der Waals surface area (Å²) in [6, 6.07) is 11.6. The molecule has 1 saturated carbocycles. The number of nitrogens with zero attached hydrogens (tertiary/aromatic N) is 1. The van der Waals surface area contributed by atoms with Crippen LogP contribution in [0, 0.1) is 29.7 Å². The molecule has 0 spiro atoms. The minimum Gasteiger partial charge on any atom is -0.189 e. The van der Waals surface area contributed by atoms with Crippen LogP contribution < -0.4 is 0 Å². The molecule has 1 aliphatic rings. The lowest BCUT2D eigenvalue weighted by atomic mass is 9.78. The molecule has 142 valence electrons. The highest BCUT2D eigenvalue weighted by Gasteiger charge is 2.21. The maximum atomic E-state index is 13.6. The van der Waals surface area contributed by atoms with Crippen molar-refractivity contribution in [2.75, 3.05) is 0 Å². The fraction of sp³-hybridized carbons (Fsp3) is 0.458. The number of hydrogen-bond acceptors (Lipinski definition) is 1. The average molecular weight is 367 g/mol. The van der Waals surface area contributed by atoms with Crippen molar-refractivity contribution in [1.82, 2.24) is 4.98 Å². The van der Waals surface area contributed by atoms with Gasteiger partial charge < -0.3 is 0 Å². The van der Waals surface area contributed by atoms with E-state index in [1.807, 2.05) is 0 Å². The maximum Gasteiger partial charge on any atom is 0.231 e. The van der Waals surface area contributed by atoms with Crippen LogP contribution in [0.3, 0.4) is 0 Å². The Kier molecular flexibility index (Phi) is 6.98. The van der Waals surface area contributed by atoms with Crippen LogP contribution in [-0.4, -0.2) is 4.98 Å². The summed E-state index contributed by atoms with van der Waals surface area (Å²) in [7, 11) is 0. The zero-order valence-electron chi connectivity index (χ0n) is 16.0. The van der Waals surface area contributed by atoms with E-state index in [4.69, 9.17) is 0 Å². The second kappa shape index (κ2) is 9.65. The van der Waals surface area contributed by atoms with Gasteiger partial charge in [-0.1, -0.05) is 55.9 Å². The van der Waals surface area contributed by atoms with Crippen molar-refractivity contribution in [3.63, 3.8) is 0 Å². The van der Waals surface area contributed by atoms with Crippen LogP contribution in [0.15, 0.2) is 36.4 Å². The Morgan fingerprint density at radius 1 is 0.963 bits per heavy atom. The molecule has 0 aliphatic heterocycles. The highest BCUT2D eigenvalue weighted by atomic mass is 19.1. The molecule has 1 fully saturated rings. The Bertz CT molecular complexity index is 793. The molecule has 0 saturated heterocycles. The first-order chi connectivity index (χ1) is 13.2. The topological polar surface area (TPSA) is 12.9 Å². The van der Waals surface area contributed by atoms with Crippen molar-refractivity contribution in [3.8, 4) is 11.8 Å². The highest BCUT2D eigenvalue weighted by molar-refractivity contribution is 5.33. The summed E-state index contributed by atoms with van der Waals surface area (Å²) >= 11 is 0. The quantitative estimate of drug-likeness (QED) is 0.338. The van der Waals surface area contributed by atoms with E-state index in [-0.39, 0.29) is 11.5 Å². The van der Waals surface area contributed by atoms with Crippen molar-refractivity contribution in [3.05, 3.63) is 65.0 Å². The molecule has 0 N–H and O–H groups in total. The Balaban J connectivity index is 1.52. The predicted molar refractivity (Wildman–Crippen MR) is 105 cm³/mol. The van der Waals surface area contributed by atoms with Crippen LogP contribution in [0.25, 0.3) is 0 Å². The molecule has 0 unspecified atom stereocenters. The minimum absolute atomic E-state index is 0.178. The van der Waals surface area contributed by atoms with E-state index in [1.54, 1.807) is 0 Å². The zero-order valence-corrected chi connectivity index (χ0v) is 16.0. The van der Waals surface area contributed by atoms with Crippen LogP contribution in [0.5, 0.6) is 0 Å². The summed E-state index contributed by atoms with van der Waals surface area (Å²) in [6.45, 7) is 2.23.